The molecule has 0 aliphatic carbocycles. The van der Waals surface area contributed by atoms with Gasteiger partial charge in [-0.05, 0) is 38.5 Å². The highest BCUT2D eigenvalue weighted by Gasteiger charge is 2.17. The molecule has 0 aliphatic rings. The van der Waals surface area contributed by atoms with Crippen LogP contribution in [0.1, 0.15) is 18.1 Å². The van der Waals surface area contributed by atoms with Gasteiger partial charge in [-0.15, -0.1) is 0 Å². The van der Waals surface area contributed by atoms with Crippen molar-refractivity contribution in [1.29, 1.82) is 0 Å². The number of nitrogens with one attached hydrogen (secondary N) is 2. The Bertz CT molecular complexity index is 949. The first-order chi connectivity index (χ1) is 12.7. The number of carbonyl (C=O) groups excluding carboxylic acids is 2. The zero-order valence-electron chi connectivity index (χ0n) is 15.1. The number of hydrogen-bond donors (Lipinski definition) is 3. The van der Waals surface area contributed by atoms with E-state index in [1.807, 2.05) is 6.92 Å². The normalized spacial score (nSPS) is 11.7. The van der Waals surface area contributed by atoms with Crippen LogP contribution in [-0.2, 0) is 14.4 Å². The minimum Gasteiger partial charge on any atom is -0.481 e. The molecule has 0 unspecified atom stereocenters. The number of carbonyl (C=O) groups is 3. The van der Waals surface area contributed by atoms with E-state index >= 15 is 0 Å². The van der Waals surface area contributed by atoms with Gasteiger partial charge in [0.2, 0.25) is 5.91 Å². The minimum atomic E-state index is -1.18. The van der Waals surface area contributed by atoms with Crippen LogP contribution in [-0.4, -0.2) is 42.1 Å². The Balaban J connectivity index is 2.00. The summed E-state index contributed by atoms with van der Waals surface area (Å²) in [6.07, 6.45) is -0.923. The van der Waals surface area contributed by atoms with Crippen LogP contribution >= 0.6 is 0 Å². The molecule has 1 atom stereocenters. The van der Waals surface area contributed by atoms with Gasteiger partial charge in [0.05, 0.1) is 6.54 Å². The van der Waals surface area contributed by atoms with Crippen molar-refractivity contribution >= 4 is 28.8 Å². The summed E-state index contributed by atoms with van der Waals surface area (Å²) in [6, 6.07) is 4.91. The molecule has 144 valence electrons. The molecule has 1 aromatic heterocycles. The van der Waals surface area contributed by atoms with Crippen LogP contribution < -0.4 is 21.0 Å². The molecule has 0 aliphatic heterocycles. The lowest BCUT2D eigenvalue weighted by molar-refractivity contribution is -0.137. The number of aryl methyl sites for hydroxylation is 1. The molecule has 1 heterocycles. The number of rotatable bonds is 7. The van der Waals surface area contributed by atoms with Crippen LogP contribution in [0.15, 0.2) is 27.4 Å². The van der Waals surface area contributed by atoms with Crippen molar-refractivity contribution in [3.8, 4) is 5.75 Å². The molecule has 0 saturated heterocycles. The highest BCUT2D eigenvalue weighted by molar-refractivity contribution is 5.88. The number of ether oxygens (including phenoxy) is 1. The second kappa shape index (κ2) is 8.35. The van der Waals surface area contributed by atoms with Crippen molar-refractivity contribution in [3.05, 3.63) is 39.7 Å². The van der Waals surface area contributed by atoms with Crippen molar-refractivity contribution in [1.82, 2.24) is 10.6 Å². The Morgan fingerprint density at radius 3 is 2.52 bits per heavy atom. The third-order valence-corrected chi connectivity index (χ3v) is 3.97. The summed E-state index contributed by atoms with van der Waals surface area (Å²) in [5.74, 6) is -2.04. The summed E-state index contributed by atoms with van der Waals surface area (Å²) < 4.78 is 10.8. The summed E-state index contributed by atoms with van der Waals surface area (Å²) in [7, 11) is 0. The maximum absolute atomic E-state index is 12.0. The number of amides is 2. The SMILES string of the molecule is Cc1c(C)c2ccc(O[C@@H](C)C(=O)NCC(=O)NCC(=O)O)cc2oc1=O. The van der Waals surface area contributed by atoms with Crippen molar-refractivity contribution in [2.75, 3.05) is 13.1 Å². The lowest BCUT2D eigenvalue weighted by atomic mass is 10.1. The lowest BCUT2D eigenvalue weighted by Crippen LogP contribution is -2.43. The first-order valence-corrected chi connectivity index (χ1v) is 8.16. The largest absolute Gasteiger partial charge is 0.481 e. The summed E-state index contributed by atoms with van der Waals surface area (Å²) >= 11 is 0. The molecule has 3 N–H and O–H groups in total. The summed E-state index contributed by atoms with van der Waals surface area (Å²) in [4.78, 5) is 45.6. The summed E-state index contributed by atoms with van der Waals surface area (Å²) in [6.45, 7) is 4.10. The van der Waals surface area contributed by atoms with Gasteiger partial charge in [0, 0.05) is 17.0 Å². The zero-order chi connectivity index (χ0) is 20.1. The Hall–Kier alpha value is -3.36. The first-order valence-electron chi connectivity index (χ1n) is 8.16. The van der Waals surface area contributed by atoms with Crippen LogP contribution in [0.4, 0.5) is 0 Å². The second-order valence-electron chi connectivity index (χ2n) is 5.95. The number of fused-ring (bicyclic) bond motifs is 1. The maximum atomic E-state index is 12.0. The van der Waals surface area contributed by atoms with Gasteiger partial charge in [0.25, 0.3) is 5.91 Å². The van der Waals surface area contributed by atoms with Crippen LogP contribution in [0.5, 0.6) is 5.75 Å². The van der Waals surface area contributed by atoms with Gasteiger partial charge >= 0.3 is 11.6 Å². The van der Waals surface area contributed by atoms with E-state index in [0.717, 1.165) is 10.9 Å². The van der Waals surface area contributed by atoms with E-state index in [0.29, 0.717) is 16.9 Å². The van der Waals surface area contributed by atoms with Crippen LogP contribution in [0.2, 0.25) is 0 Å². The summed E-state index contributed by atoms with van der Waals surface area (Å²) in [5.41, 5.74) is 1.26. The number of aliphatic carboxylic acids is 1. The third kappa shape index (κ3) is 5.06. The van der Waals surface area contributed by atoms with Crippen LogP contribution in [0.25, 0.3) is 11.0 Å². The van der Waals surface area contributed by atoms with E-state index < -0.39 is 36.1 Å². The van der Waals surface area contributed by atoms with Crippen LogP contribution in [0.3, 0.4) is 0 Å². The van der Waals surface area contributed by atoms with E-state index in [1.165, 1.54) is 13.0 Å². The predicted molar refractivity (Wildman–Crippen MR) is 95.7 cm³/mol. The van der Waals surface area contributed by atoms with Gasteiger partial charge in [-0.25, -0.2) is 4.79 Å². The molecular formula is C18H20N2O7. The Kier molecular flexibility index (Phi) is 6.17. The second-order valence-corrected chi connectivity index (χ2v) is 5.95. The van der Waals surface area contributed by atoms with Gasteiger partial charge in [-0.3, -0.25) is 14.4 Å². The number of carboxylic acids is 1. The molecule has 0 spiro atoms. The highest BCUT2D eigenvalue weighted by atomic mass is 16.5. The number of benzene rings is 1. The van der Waals surface area contributed by atoms with E-state index in [4.69, 9.17) is 14.3 Å². The zero-order valence-corrected chi connectivity index (χ0v) is 15.1. The molecular weight excluding hydrogens is 356 g/mol. The fraction of sp³-hybridized carbons (Fsp3) is 0.333. The quantitative estimate of drug-likeness (QED) is 0.599. The molecule has 0 fully saturated rings. The average Bonchev–Trinajstić information content (AvgIpc) is 2.62. The summed E-state index contributed by atoms with van der Waals surface area (Å²) in [5, 5.41) is 13.7. The van der Waals surface area contributed by atoms with Gasteiger partial charge in [0.15, 0.2) is 6.10 Å². The topological polar surface area (TPSA) is 135 Å². The molecule has 2 rings (SSSR count). The van der Waals surface area contributed by atoms with Crippen molar-refractivity contribution in [3.63, 3.8) is 0 Å². The molecule has 2 amide bonds. The molecule has 2 aromatic rings. The first kappa shape index (κ1) is 20.0. The van der Waals surface area contributed by atoms with E-state index in [1.54, 1.807) is 19.1 Å². The average molecular weight is 376 g/mol. The maximum Gasteiger partial charge on any atom is 0.339 e. The van der Waals surface area contributed by atoms with Gasteiger partial charge in [0.1, 0.15) is 17.9 Å². The van der Waals surface area contributed by atoms with Crippen molar-refractivity contribution < 1.29 is 28.6 Å². The van der Waals surface area contributed by atoms with Gasteiger partial charge in [-0.2, -0.15) is 0 Å². The lowest BCUT2D eigenvalue weighted by Gasteiger charge is -2.15. The van der Waals surface area contributed by atoms with E-state index in [2.05, 4.69) is 10.6 Å². The number of hydrogen-bond acceptors (Lipinski definition) is 6. The molecule has 0 radical (unpaired) electrons. The third-order valence-electron chi connectivity index (χ3n) is 3.97. The van der Waals surface area contributed by atoms with Gasteiger partial charge in [-0.1, -0.05) is 0 Å². The Labute approximate surface area is 154 Å². The number of carboxylic acid groups (broad SMARTS) is 1. The van der Waals surface area contributed by atoms with E-state index in [9.17, 15) is 19.2 Å². The fourth-order valence-electron chi connectivity index (χ4n) is 2.31. The molecule has 0 saturated carbocycles. The Morgan fingerprint density at radius 1 is 1.15 bits per heavy atom. The molecule has 1 aromatic carbocycles. The van der Waals surface area contributed by atoms with Crippen molar-refractivity contribution in [2.24, 2.45) is 0 Å². The monoisotopic (exact) mass is 376 g/mol. The fourth-order valence-corrected chi connectivity index (χ4v) is 2.31. The van der Waals surface area contributed by atoms with E-state index in [-0.39, 0.29) is 6.54 Å². The highest BCUT2D eigenvalue weighted by Crippen LogP contribution is 2.24. The standard InChI is InChI=1S/C18H20N2O7/c1-9-10(2)18(25)27-14-6-12(4-5-13(9)14)26-11(3)17(24)20-7-15(21)19-8-16(22)23/h4-6,11H,7-8H2,1-3H3,(H,19,21)(H,20,24)(H,22,23)/t11-/m0/s1. The minimum absolute atomic E-state index is 0.326. The van der Waals surface area contributed by atoms with Gasteiger partial charge < -0.3 is 24.9 Å². The predicted octanol–water partition coefficient (Wildman–Crippen LogP) is 0.494. The molecule has 0 bridgehead atoms. The molecule has 9 nitrogen and oxygen atoms in total. The smallest absolute Gasteiger partial charge is 0.339 e. The Morgan fingerprint density at radius 2 is 1.85 bits per heavy atom. The molecule has 9 heteroatoms. The van der Waals surface area contributed by atoms with Crippen molar-refractivity contribution in [2.45, 2.75) is 26.9 Å². The molecule has 27 heavy (non-hydrogen) atoms. The van der Waals surface area contributed by atoms with Crippen LogP contribution in [0, 0.1) is 13.8 Å².